The second-order valence-corrected chi connectivity index (χ2v) is 10.0. The molecule has 0 radical (unpaired) electrons. The van der Waals surface area contributed by atoms with Gasteiger partial charge in [0.15, 0.2) is 0 Å². The fourth-order valence-corrected chi connectivity index (χ4v) is 5.02. The van der Waals surface area contributed by atoms with Gasteiger partial charge in [-0.1, -0.05) is 51.0 Å². The summed E-state index contributed by atoms with van der Waals surface area (Å²) in [5, 5.41) is 6.22. The minimum absolute atomic E-state index is 0.0662. The third-order valence-corrected chi connectivity index (χ3v) is 7.69. The Labute approximate surface area is 199 Å². The van der Waals surface area contributed by atoms with E-state index in [1.54, 1.807) is 0 Å². The summed E-state index contributed by atoms with van der Waals surface area (Å²) in [6.45, 7) is 11.0. The minimum Gasteiger partial charge on any atom is -0.381 e. The van der Waals surface area contributed by atoms with Crippen LogP contribution in [0.4, 0.5) is 0 Å². The van der Waals surface area contributed by atoms with Gasteiger partial charge in [-0.3, -0.25) is 14.5 Å². The maximum atomic E-state index is 13.7. The minimum atomic E-state index is -0.478. The molecule has 6 heteroatoms. The Hall–Kier alpha value is -1.92. The molecule has 2 aliphatic rings. The number of hydrogen-bond donors (Lipinski definition) is 2. The molecule has 1 aromatic carbocycles. The second-order valence-electron chi connectivity index (χ2n) is 10.0. The van der Waals surface area contributed by atoms with Crippen LogP contribution in [0.2, 0.25) is 0 Å². The lowest BCUT2D eigenvalue weighted by Crippen LogP contribution is -2.56. The number of nitrogens with zero attached hydrogens (tertiary/aromatic N) is 1. The van der Waals surface area contributed by atoms with Crippen molar-refractivity contribution in [3.05, 3.63) is 35.4 Å². The van der Waals surface area contributed by atoms with Gasteiger partial charge in [0, 0.05) is 26.3 Å². The van der Waals surface area contributed by atoms with Crippen molar-refractivity contribution in [2.75, 3.05) is 32.8 Å². The smallest absolute Gasteiger partial charge is 0.242 e. The van der Waals surface area contributed by atoms with Gasteiger partial charge in [0.2, 0.25) is 11.8 Å². The molecule has 184 valence electrons. The largest absolute Gasteiger partial charge is 0.381 e. The summed E-state index contributed by atoms with van der Waals surface area (Å²) in [5.41, 5.74) is 2.27. The van der Waals surface area contributed by atoms with Crippen molar-refractivity contribution in [3.63, 3.8) is 0 Å². The molecule has 6 nitrogen and oxygen atoms in total. The highest BCUT2D eigenvalue weighted by atomic mass is 16.5. The van der Waals surface area contributed by atoms with Gasteiger partial charge in [-0.25, -0.2) is 0 Å². The first-order valence-corrected chi connectivity index (χ1v) is 12.9. The second kappa shape index (κ2) is 12.5. The van der Waals surface area contributed by atoms with E-state index < -0.39 is 11.5 Å². The molecule has 0 aromatic heterocycles. The maximum Gasteiger partial charge on any atom is 0.242 e. The van der Waals surface area contributed by atoms with Crippen LogP contribution in [0.15, 0.2) is 24.3 Å². The topological polar surface area (TPSA) is 70.7 Å². The molecule has 2 N–H and O–H groups in total. The average Bonchev–Trinajstić information content (AvgIpc) is 2.82. The highest BCUT2D eigenvalue weighted by Gasteiger charge is 2.42. The molecule has 2 atom stereocenters. The molecule has 1 aromatic rings. The molecule has 0 unspecified atom stereocenters. The number of rotatable bonds is 4. The molecular weight excluding hydrogens is 414 g/mol. The fraction of sp³-hybridized carbons (Fsp3) is 0.704. The molecule has 0 aliphatic carbocycles. The third kappa shape index (κ3) is 7.03. The van der Waals surface area contributed by atoms with Crippen molar-refractivity contribution in [3.8, 4) is 0 Å². The van der Waals surface area contributed by atoms with Gasteiger partial charge in [-0.2, -0.15) is 0 Å². The number of hydrogen-bond acceptors (Lipinski definition) is 4. The number of aryl methyl sites for hydroxylation is 1. The van der Waals surface area contributed by atoms with Crippen molar-refractivity contribution in [1.29, 1.82) is 0 Å². The first kappa shape index (κ1) is 25.7. The number of benzene rings is 1. The molecule has 2 amide bonds. The van der Waals surface area contributed by atoms with E-state index >= 15 is 0 Å². The molecule has 0 saturated carbocycles. The van der Waals surface area contributed by atoms with Crippen LogP contribution < -0.4 is 10.6 Å². The summed E-state index contributed by atoms with van der Waals surface area (Å²) in [6.07, 6.45) is 6.12. The van der Waals surface area contributed by atoms with Gasteiger partial charge >= 0.3 is 0 Å². The van der Waals surface area contributed by atoms with Gasteiger partial charge in [-0.05, 0) is 69.2 Å². The van der Waals surface area contributed by atoms with Crippen LogP contribution in [0.3, 0.4) is 0 Å². The first-order valence-electron chi connectivity index (χ1n) is 12.9. The summed E-state index contributed by atoms with van der Waals surface area (Å²) in [5.74, 6) is 0.0923. The van der Waals surface area contributed by atoms with Crippen molar-refractivity contribution >= 4 is 11.8 Å². The lowest BCUT2D eigenvalue weighted by Gasteiger charge is -2.42. The van der Waals surface area contributed by atoms with Crippen LogP contribution in [-0.4, -0.2) is 55.6 Å². The SMILES string of the molecule is CC[C@H](C)[C@@H]1NC(=O)C2(CCCCOCCCNC1=O)CCN(Cc1ccccc1C)CC2. The Balaban J connectivity index is 1.72. The molecule has 2 saturated heterocycles. The Kier molecular flexibility index (Phi) is 9.75. The van der Waals surface area contributed by atoms with Crippen molar-refractivity contribution in [2.45, 2.75) is 78.3 Å². The number of carbonyl (C=O) groups excluding carboxylic acids is 2. The van der Waals surface area contributed by atoms with E-state index in [1.807, 2.05) is 6.92 Å². The van der Waals surface area contributed by atoms with E-state index in [2.05, 4.69) is 53.6 Å². The maximum absolute atomic E-state index is 13.7. The number of amides is 2. The van der Waals surface area contributed by atoms with E-state index in [9.17, 15) is 9.59 Å². The Morgan fingerprint density at radius 1 is 1.09 bits per heavy atom. The monoisotopic (exact) mass is 457 g/mol. The van der Waals surface area contributed by atoms with Gasteiger partial charge in [0.25, 0.3) is 0 Å². The van der Waals surface area contributed by atoms with Gasteiger partial charge in [0.1, 0.15) is 6.04 Å². The lowest BCUT2D eigenvalue weighted by molar-refractivity contribution is -0.139. The van der Waals surface area contributed by atoms with Crippen molar-refractivity contribution in [1.82, 2.24) is 15.5 Å². The quantitative estimate of drug-likeness (QED) is 0.721. The predicted molar refractivity (Wildman–Crippen MR) is 132 cm³/mol. The summed E-state index contributed by atoms with van der Waals surface area (Å²) < 4.78 is 5.75. The van der Waals surface area contributed by atoms with E-state index in [4.69, 9.17) is 4.74 Å². The summed E-state index contributed by atoms with van der Waals surface area (Å²) in [4.78, 5) is 29.1. The zero-order valence-corrected chi connectivity index (χ0v) is 20.8. The van der Waals surface area contributed by atoms with Crippen molar-refractivity contribution < 1.29 is 14.3 Å². The van der Waals surface area contributed by atoms with Crippen LogP contribution in [0, 0.1) is 18.3 Å². The van der Waals surface area contributed by atoms with E-state index in [0.717, 1.165) is 71.2 Å². The normalized spacial score (nSPS) is 24.5. The summed E-state index contributed by atoms with van der Waals surface area (Å²) in [6, 6.07) is 8.06. The van der Waals surface area contributed by atoms with E-state index in [-0.39, 0.29) is 17.7 Å². The summed E-state index contributed by atoms with van der Waals surface area (Å²) >= 11 is 0. The molecular formula is C27H43N3O3. The molecule has 3 rings (SSSR count). The van der Waals surface area contributed by atoms with Gasteiger partial charge in [-0.15, -0.1) is 0 Å². The third-order valence-electron chi connectivity index (χ3n) is 7.69. The van der Waals surface area contributed by atoms with Crippen molar-refractivity contribution in [2.24, 2.45) is 11.3 Å². The van der Waals surface area contributed by atoms with E-state index in [0.29, 0.717) is 13.2 Å². The molecule has 33 heavy (non-hydrogen) atoms. The van der Waals surface area contributed by atoms with Crippen LogP contribution in [0.5, 0.6) is 0 Å². The zero-order chi connectivity index (χ0) is 23.7. The molecule has 1 spiro atoms. The van der Waals surface area contributed by atoms with Crippen LogP contribution in [0.25, 0.3) is 0 Å². The Morgan fingerprint density at radius 2 is 1.82 bits per heavy atom. The number of ether oxygens (including phenoxy) is 1. The highest BCUT2D eigenvalue weighted by molar-refractivity contribution is 5.90. The fourth-order valence-electron chi connectivity index (χ4n) is 5.02. The Bertz CT molecular complexity index is 774. The molecule has 2 heterocycles. The lowest BCUT2D eigenvalue weighted by atomic mass is 9.73. The van der Waals surface area contributed by atoms with Crippen LogP contribution >= 0.6 is 0 Å². The van der Waals surface area contributed by atoms with E-state index in [1.165, 1.54) is 11.1 Å². The van der Waals surface area contributed by atoms with Gasteiger partial charge in [0.05, 0.1) is 5.41 Å². The molecule has 2 aliphatic heterocycles. The summed E-state index contributed by atoms with van der Waals surface area (Å²) in [7, 11) is 0. The first-order chi connectivity index (χ1) is 15.9. The molecule has 0 bridgehead atoms. The zero-order valence-electron chi connectivity index (χ0n) is 20.8. The molecule has 2 fully saturated rings. The van der Waals surface area contributed by atoms with Crippen LogP contribution in [0.1, 0.15) is 69.9 Å². The average molecular weight is 458 g/mol. The number of likely N-dealkylation sites (tertiary alicyclic amines) is 1. The van der Waals surface area contributed by atoms with Crippen LogP contribution in [-0.2, 0) is 20.9 Å². The predicted octanol–water partition coefficient (Wildman–Crippen LogP) is 3.81. The standard InChI is InChI=1S/C27H43N3O3/c1-4-21(2)24-25(31)28-15-9-19-33-18-8-7-12-27(26(32)29-24)13-16-30(17-14-27)20-23-11-6-5-10-22(23)3/h5-6,10-11,21,24H,4,7-9,12-20H2,1-3H3,(H,28,31)(H,29,32)/t21-,24-/m0/s1. The number of carbonyl (C=O) groups is 2. The highest BCUT2D eigenvalue weighted by Crippen LogP contribution is 2.38. The Morgan fingerprint density at radius 3 is 2.55 bits per heavy atom. The van der Waals surface area contributed by atoms with Gasteiger partial charge < -0.3 is 15.4 Å². The number of nitrogens with one attached hydrogen (secondary N) is 2. The number of piperidine rings is 1.